The van der Waals surface area contributed by atoms with Crippen LogP contribution in [0.25, 0.3) is 11.1 Å². The van der Waals surface area contributed by atoms with E-state index in [2.05, 4.69) is 21.0 Å². The molecule has 0 radical (unpaired) electrons. The van der Waals surface area contributed by atoms with E-state index in [1.807, 2.05) is 5.01 Å². The number of rotatable bonds is 6. The number of nitrogens with zero attached hydrogens (tertiary/aromatic N) is 5. The summed E-state index contributed by atoms with van der Waals surface area (Å²) in [6.07, 6.45) is -1.75. The fourth-order valence-corrected chi connectivity index (χ4v) is 3.27. The van der Waals surface area contributed by atoms with E-state index in [1.165, 1.54) is 36.9 Å². The third-order valence-electron chi connectivity index (χ3n) is 4.77. The van der Waals surface area contributed by atoms with E-state index < -0.39 is 6.36 Å². The highest BCUT2D eigenvalue weighted by Gasteiger charge is 2.31. The molecule has 166 valence electrons. The van der Waals surface area contributed by atoms with Crippen LogP contribution in [-0.4, -0.2) is 26.3 Å². The monoisotopic (exact) mass is 451 g/mol. The van der Waals surface area contributed by atoms with Gasteiger partial charge in [-0.25, -0.2) is 4.68 Å². The summed E-state index contributed by atoms with van der Waals surface area (Å²) in [5.41, 5.74) is 3.03. The molecule has 0 atom stereocenters. The lowest BCUT2D eigenvalue weighted by Gasteiger charge is -2.26. The normalized spacial score (nSPS) is 11.1. The summed E-state index contributed by atoms with van der Waals surface area (Å²) in [4.78, 5) is 0. The summed E-state index contributed by atoms with van der Waals surface area (Å²) >= 11 is 0. The molecule has 1 heterocycles. The highest BCUT2D eigenvalue weighted by atomic mass is 19.4. The van der Waals surface area contributed by atoms with Crippen LogP contribution in [0.3, 0.4) is 0 Å². The smallest absolute Gasteiger partial charge is 0.508 e. The van der Waals surface area contributed by atoms with Crippen molar-refractivity contribution in [1.82, 2.24) is 14.9 Å². The van der Waals surface area contributed by atoms with Crippen molar-refractivity contribution < 1.29 is 23.0 Å². The molecule has 33 heavy (non-hydrogen) atoms. The number of aromatic nitrogens is 3. The fraction of sp³-hybridized carbons (Fsp3) is 0.0870. The number of aromatic hydroxyl groups is 1. The number of hydrogen-bond acceptors (Lipinski definition) is 6. The molecule has 0 saturated heterocycles. The van der Waals surface area contributed by atoms with E-state index in [9.17, 15) is 23.5 Å². The molecule has 0 aliphatic heterocycles. The van der Waals surface area contributed by atoms with E-state index in [4.69, 9.17) is 0 Å². The molecule has 4 rings (SSSR count). The van der Waals surface area contributed by atoms with Crippen LogP contribution >= 0.6 is 0 Å². The first kappa shape index (κ1) is 21.7. The summed E-state index contributed by atoms with van der Waals surface area (Å²) in [6, 6.07) is 19.3. The minimum absolute atomic E-state index is 0.146. The first-order valence-electron chi connectivity index (χ1n) is 9.63. The van der Waals surface area contributed by atoms with Crippen molar-refractivity contribution in [1.29, 1.82) is 5.26 Å². The molecule has 0 aliphatic carbocycles. The summed E-state index contributed by atoms with van der Waals surface area (Å²) in [7, 11) is 0. The molecule has 0 bridgehead atoms. The van der Waals surface area contributed by atoms with Gasteiger partial charge in [0.25, 0.3) is 0 Å². The molecule has 0 aliphatic rings. The molecule has 7 nitrogen and oxygen atoms in total. The SMILES string of the molecule is N#Cc1ccc(N(Cc2ccc(O)cc2)n2cnnc2)cc1-c1ccc(OC(F)(F)F)cc1. The van der Waals surface area contributed by atoms with Gasteiger partial charge in [0.2, 0.25) is 0 Å². The fourth-order valence-electron chi connectivity index (χ4n) is 3.27. The van der Waals surface area contributed by atoms with Crippen molar-refractivity contribution in [3.63, 3.8) is 0 Å². The Labute approximate surface area is 186 Å². The van der Waals surface area contributed by atoms with Crippen LogP contribution in [0.15, 0.2) is 79.4 Å². The van der Waals surface area contributed by atoms with Crippen LogP contribution in [0.5, 0.6) is 11.5 Å². The largest absolute Gasteiger partial charge is 0.573 e. The number of anilines is 1. The number of benzene rings is 3. The van der Waals surface area contributed by atoms with Crippen molar-refractivity contribution in [3.8, 4) is 28.7 Å². The van der Waals surface area contributed by atoms with E-state index in [-0.39, 0.29) is 11.5 Å². The van der Waals surface area contributed by atoms with Crippen molar-refractivity contribution in [3.05, 3.63) is 90.5 Å². The molecule has 4 aromatic rings. The zero-order chi connectivity index (χ0) is 23.4. The Morgan fingerprint density at radius 2 is 1.64 bits per heavy atom. The van der Waals surface area contributed by atoms with Gasteiger partial charge >= 0.3 is 6.36 Å². The molecular weight excluding hydrogens is 435 g/mol. The van der Waals surface area contributed by atoms with Gasteiger partial charge in [-0.3, -0.25) is 5.01 Å². The van der Waals surface area contributed by atoms with Crippen molar-refractivity contribution in [2.75, 3.05) is 5.01 Å². The second-order valence-electron chi connectivity index (χ2n) is 6.98. The van der Waals surface area contributed by atoms with Crippen molar-refractivity contribution >= 4 is 5.69 Å². The Morgan fingerprint density at radius 1 is 0.970 bits per heavy atom. The summed E-state index contributed by atoms with van der Waals surface area (Å²) in [5.74, 6) is -0.201. The van der Waals surface area contributed by atoms with Crippen LogP contribution in [0.4, 0.5) is 18.9 Å². The Bertz CT molecular complexity index is 1270. The number of hydrogen-bond donors (Lipinski definition) is 1. The number of halogens is 3. The third-order valence-corrected chi connectivity index (χ3v) is 4.77. The maximum absolute atomic E-state index is 12.5. The predicted molar refractivity (Wildman–Crippen MR) is 113 cm³/mol. The number of phenolic OH excluding ortho intramolecular Hbond substituents is 1. The number of phenols is 1. The quantitative estimate of drug-likeness (QED) is 0.449. The maximum atomic E-state index is 12.5. The van der Waals surface area contributed by atoms with Gasteiger partial charge in [-0.1, -0.05) is 24.3 Å². The highest BCUT2D eigenvalue weighted by Crippen LogP contribution is 2.32. The van der Waals surface area contributed by atoms with Crippen LogP contribution < -0.4 is 9.75 Å². The van der Waals surface area contributed by atoms with Gasteiger partial charge in [0.1, 0.15) is 24.2 Å². The second kappa shape index (κ2) is 8.92. The average Bonchev–Trinajstić information content (AvgIpc) is 3.32. The summed E-state index contributed by atoms with van der Waals surface area (Å²) in [6.45, 7) is 0.391. The number of alkyl halides is 3. The van der Waals surface area contributed by atoms with E-state index in [0.717, 1.165) is 5.56 Å². The zero-order valence-electron chi connectivity index (χ0n) is 16.9. The summed E-state index contributed by atoms with van der Waals surface area (Å²) in [5, 5.41) is 28.7. The second-order valence-corrected chi connectivity index (χ2v) is 6.98. The standard InChI is InChI=1S/C23H16F3N5O2/c24-23(25,26)33-21-9-4-17(5-10-21)22-11-19(6-3-18(22)12-27)31(30-14-28-29-15-30)13-16-1-7-20(32)8-2-16/h1-11,14-15,32H,13H2. The average molecular weight is 451 g/mol. The Kier molecular flexibility index (Phi) is 5.87. The lowest BCUT2D eigenvalue weighted by molar-refractivity contribution is -0.274. The highest BCUT2D eigenvalue weighted by molar-refractivity contribution is 5.75. The Morgan fingerprint density at radius 3 is 2.24 bits per heavy atom. The molecule has 0 amide bonds. The predicted octanol–water partition coefficient (Wildman–Crippen LogP) is 4.89. The van der Waals surface area contributed by atoms with Crippen LogP contribution in [0, 0.1) is 11.3 Å². The first-order valence-corrected chi connectivity index (χ1v) is 9.63. The van der Waals surface area contributed by atoms with Gasteiger partial charge in [0.15, 0.2) is 0 Å². The van der Waals surface area contributed by atoms with E-state index in [0.29, 0.717) is 28.9 Å². The molecular formula is C23H16F3N5O2. The third kappa shape index (κ3) is 5.22. The molecule has 0 saturated carbocycles. The Hall–Kier alpha value is -4.52. The maximum Gasteiger partial charge on any atom is 0.573 e. The van der Waals surface area contributed by atoms with Crippen molar-refractivity contribution in [2.24, 2.45) is 0 Å². The minimum Gasteiger partial charge on any atom is -0.508 e. The molecule has 0 spiro atoms. The van der Waals surface area contributed by atoms with Gasteiger partial charge in [-0.2, -0.15) is 5.26 Å². The molecule has 1 N–H and O–H groups in total. The minimum atomic E-state index is -4.78. The first-order chi connectivity index (χ1) is 15.8. The van der Waals surface area contributed by atoms with Crippen LogP contribution in [0.2, 0.25) is 0 Å². The summed E-state index contributed by atoms with van der Waals surface area (Å²) < 4.78 is 43.0. The van der Waals surface area contributed by atoms with Gasteiger partial charge in [-0.15, -0.1) is 23.4 Å². The number of ether oxygens (including phenoxy) is 1. The van der Waals surface area contributed by atoms with Crippen LogP contribution in [0.1, 0.15) is 11.1 Å². The van der Waals surface area contributed by atoms with E-state index in [1.54, 1.807) is 47.1 Å². The molecule has 0 unspecified atom stereocenters. The topological polar surface area (TPSA) is 87.2 Å². The number of nitriles is 1. The molecule has 0 fully saturated rings. The van der Waals surface area contributed by atoms with Crippen molar-refractivity contribution in [2.45, 2.75) is 12.9 Å². The van der Waals surface area contributed by atoms with Gasteiger partial charge < -0.3 is 9.84 Å². The molecule has 1 aromatic heterocycles. The lowest BCUT2D eigenvalue weighted by Crippen LogP contribution is -2.27. The molecule has 3 aromatic carbocycles. The van der Waals surface area contributed by atoms with Gasteiger partial charge in [-0.05, 0) is 53.6 Å². The molecule has 10 heteroatoms. The van der Waals surface area contributed by atoms with Crippen LogP contribution in [-0.2, 0) is 6.54 Å². The lowest BCUT2D eigenvalue weighted by atomic mass is 9.99. The Balaban J connectivity index is 1.72. The van der Waals surface area contributed by atoms with E-state index >= 15 is 0 Å². The van der Waals surface area contributed by atoms with Gasteiger partial charge in [0, 0.05) is 5.56 Å². The van der Waals surface area contributed by atoms with Gasteiger partial charge in [0.05, 0.1) is 23.9 Å². The zero-order valence-corrected chi connectivity index (χ0v) is 16.9.